The zero-order chi connectivity index (χ0) is 17.4. The Kier molecular flexibility index (Phi) is 7.05. The second-order valence-corrected chi connectivity index (χ2v) is 5.49. The molecule has 0 heterocycles. The molecule has 1 aromatic rings. The van der Waals surface area contributed by atoms with Gasteiger partial charge in [0.25, 0.3) is 11.8 Å². The highest BCUT2D eigenvalue weighted by atomic mass is 16.5. The lowest BCUT2D eigenvalue weighted by Gasteiger charge is -2.15. The van der Waals surface area contributed by atoms with Crippen LogP contribution in [0.3, 0.4) is 0 Å². The minimum atomic E-state index is -0.905. The summed E-state index contributed by atoms with van der Waals surface area (Å²) in [7, 11) is 3.24. The Labute approximate surface area is 135 Å². The van der Waals surface area contributed by atoms with Gasteiger partial charge in [0.05, 0.1) is 5.56 Å². The Morgan fingerprint density at radius 3 is 2.52 bits per heavy atom. The van der Waals surface area contributed by atoms with Crippen LogP contribution in [0.25, 0.3) is 0 Å². The van der Waals surface area contributed by atoms with E-state index in [0.29, 0.717) is 11.3 Å². The van der Waals surface area contributed by atoms with Gasteiger partial charge in [-0.2, -0.15) is 0 Å². The fourth-order valence-electron chi connectivity index (χ4n) is 1.78. The van der Waals surface area contributed by atoms with Crippen molar-refractivity contribution < 1.29 is 24.2 Å². The third-order valence-electron chi connectivity index (χ3n) is 3.12. The molecule has 2 amide bonds. The van der Waals surface area contributed by atoms with Crippen molar-refractivity contribution in [3.63, 3.8) is 0 Å². The summed E-state index contributed by atoms with van der Waals surface area (Å²) in [5.41, 5.74) is 0.307. The second-order valence-electron chi connectivity index (χ2n) is 5.49. The summed E-state index contributed by atoms with van der Waals surface area (Å²) in [6, 6.07) is 6.60. The van der Waals surface area contributed by atoms with Gasteiger partial charge in [0.2, 0.25) is 0 Å². The normalized spacial score (nSPS) is 11.4. The first-order valence-electron chi connectivity index (χ1n) is 7.23. The first-order chi connectivity index (χ1) is 10.8. The van der Waals surface area contributed by atoms with Crippen LogP contribution < -0.4 is 10.1 Å². The SMILES string of the molecule is CC(CNC(=O)c1ccccc1OCC(=O)N(C)C)CC(=O)O. The molecule has 0 aromatic heterocycles. The van der Waals surface area contributed by atoms with Crippen LogP contribution in [0.1, 0.15) is 23.7 Å². The standard InChI is InChI=1S/C16H22N2O5/c1-11(8-15(20)21)9-17-16(22)12-6-4-5-7-13(12)23-10-14(19)18(2)3/h4-7,11H,8-10H2,1-3H3,(H,17,22)(H,20,21). The molecule has 1 rings (SSSR count). The molecule has 0 saturated carbocycles. The van der Waals surface area contributed by atoms with Crippen molar-refractivity contribution >= 4 is 17.8 Å². The van der Waals surface area contributed by atoms with E-state index in [9.17, 15) is 14.4 Å². The molecule has 0 spiro atoms. The average molecular weight is 322 g/mol. The molecular weight excluding hydrogens is 300 g/mol. The van der Waals surface area contributed by atoms with E-state index in [1.54, 1.807) is 45.3 Å². The van der Waals surface area contributed by atoms with Crippen molar-refractivity contribution in [2.75, 3.05) is 27.2 Å². The third-order valence-corrected chi connectivity index (χ3v) is 3.12. The molecule has 1 unspecified atom stereocenters. The fourth-order valence-corrected chi connectivity index (χ4v) is 1.78. The number of likely N-dealkylation sites (N-methyl/N-ethyl adjacent to an activating group) is 1. The van der Waals surface area contributed by atoms with Crippen molar-refractivity contribution in [2.24, 2.45) is 5.92 Å². The quantitative estimate of drug-likeness (QED) is 0.744. The number of ether oxygens (including phenoxy) is 1. The zero-order valence-electron chi connectivity index (χ0n) is 13.5. The molecule has 0 fully saturated rings. The molecule has 0 radical (unpaired) electrons. The van der Waals surface area contributed by atoms with Crippen LogP contribution in [-0.2, 0) is 9.59 Å². The number of carboxylic acids is 1. The Morgan fingerprint density at radius 2 is 1.91 bits per heavy atom. The van der Waals surface area contributed by atoms with Crippen molar-refractivity contribution in [1.29, 1.82) is 0 Å². The summed E-state index contributed by atoms with van der Waals surface area (Å²) in [5.74, 6) is -1.35. The minimum Gasteiger partial charge on any atom is -0.483 e. The van der Waals surface area contributed by atoms with Gasteiger partial charge in [0.1, 0.15) is 5.75 Å². The Morgan fingerprint density at radius 1 is 1.26 bits per heavy atom. The van der Waals surface area contributed by atoms with Gasteiger partial charge in [0.15, 0.2) is 6.61 Å². The number of carbonyl (C=O) groups is 3. The van der Waals surface area contributed by atoms with E-state index in [2.05, 4.69) is 5.32 Å². The van der Waals surface area contributed by atoms with E-state index in [0.717, 1.165) is 0 Å². The number of carbonyl (C=O) groups excluding carboxylic acids is 2. The number of hydrogen-bond acceptors (Lipinski definition) is 4. The van der Waals surface area contributed by atoms with Crippen molar-refractivity contribution in [3.05, 3.63) is 29.8 Å². The van der Waals surface area contributed by atoms with E-state index in [1.165, 1.54) is 4.90 Å². The summed E-state index contributed by atoms with van der Waals surface area (Å²) in [4.78, 5) is 35.8. The summed E-state index contributed by atoms with van der Waals surface area (Å²) >= 11 is 0. The van der Waals surface area contributed by atoms with Crippen molar-refractivity contribution in [3.8, 4) is 5.75 Å². The highest BCUT2D eigenvalue weighted by molar-refractivity contribution is 5.97. The minimum absolute atomic E-state index is 0.0181. The molecule has 126 valence electrons. The zero-order valence-corrected chi connectivity index (χ0v) is 13.5. The number of carboxylic acid groups (broad SMARTS) is 1. The van der Waals surface area contributed by atoms with Crippen LogP contribution in [0, 0.1) is 5.92 Å². The Hall–Kier alpha value is -2.57. The van der Waals surface area contributed by atoms with Crippen LogP contribution in [0.4, 0.5) is 0 Å². The fraction of sp³-hybridized carbons (Fsp3) is 0.438. The molecule has 7 nitrogen and oxygen atoms in total. The number of hydrogen-bond donors (Lipinski definition) is 2. The summed E-state index contributed by atoms with van der Waals surface area (Å²) in [6.45, 7) is 1.83. The van der Waals surface area contributed by atoms with Crippen LogP contribution >= 0.6 is 0 Å². The first-order valence-corrected chi connectivity index (χ1v) is 7.23. The molecule has 1 atom stereocenters. The van der Waals surface area contributed by atoms with Crippen molar-refractivity contribution in [1.82, 2.24) is 10.2 Å². The number of aliphatic carboxylic acids is 1. The number of benzene rings is 1. The maximum Gasteiger partial charge on any atom is 0.303 e. The molecule has 23 heavy (non-hydrogen) atoms. The van der Waals surface area contributed by atoms with Gasteiger partial charge in [-0.25, -0.2) is 0 Å². The van der Waals surface area contributed by atoms with Gasteiger partial charge in [-0.15, -0.1) is 0 Å². The van der Waals surface area contributed by atoms with Gasteiger partial charge < -0.3 is 20.1 Å². The van der Waals surface area contributed by atoms with Crippen molar-refractivity contribution in [2.45, 2.75) is 13.3 Å². The van der Waals surface area contributed by atoms with Crippen LogP contribution in [0.15, 0.2) is 24.3 Å². The van der Waals surface area contributed by atoms with Crippen LogP contribution in [0.2, 0.25) is 0 Å². The topological polar surface area (TPSA) is 95.9 Å². The number of nitrogens with one attached hydrogen (secondary N) is 1. The van der Waals surface area contributed by atoms with Gasteiger partial charge in [0, 0.05) is 27.1 Å². The molecule has 0 aliphatic carbocycles. The van der Waals surface area contributed by atoms with Gasteiger partial charge in [-0.1, -0.05) is 19.1 Å². The summed E-state index contributed by atoms with van der Waals surface area (Å²) in [5, 5.41) is 11.4. The molecule has 1 aromatic carbocycles. The maximum atomic E-state index is 12.2. The summed E-state index contributed by atoms with van der Waals surface area (Å²) in [6.07, 6.45) is -0.0181. The lowest BCUT2D eigenvalue weighted by molar-refractivity contribution is -0.138. The number of rotatable bonds is 8. The lowest BCUT2D eigenvalue weighted by Crippen LogP contribution is -2.30. The number of nitrogens with zero attached hydrogens (tertiary/aromatic N) is 1. The van der Waals surface area contributed by atoms with E-state index in [1.807, 2.05) is 0 Å². The Balaban J connectivity index is 2.66. The van der Waals surface area contributed by atoms with Crippen LogP contribution in [-0.4, -0.2) is 55.0 Å². The predicted octanol–water partition coefficient (Wildman–Crippen LogP) is 0.994. The third kappa shape index (κ3) is 6.37. The van der Waals surface area contributed by atoms with Gasteiger partial charge in [-0.05, 0) is 18.1 Å². The highest BCUT2D eigenvalue weighted by Gasteiger charge is 2.15. The smallest absolute Gasteiger partial charge is 0.303 e. The molecule has 0 bridgehead atoms. The number of para-hydroxylation sites is 1. The van der Waals surface area contributed by atoms with Crippen LogP contribution in [0.5, 0.6) is 5.75 Å². The monoisotopic (exact) mass is 322 g/mol. The molecule has 0 saturated heterocycles. The second kappa shape index (κ2) is 8.77. The van der Waals surface area contributed by atoms with E-state index < -0.39 is 5.97 Å². The molecule has 0 aliphatic rings. The summed E-state index contributed by atoms with van der Waals surface area (Å²) < 4.78 is 5.41. The van der Waals surface area contributed by atoms with Gasteiger partial charge >= 0.3 is 5.97 Å². The molecular formula is C16H22N2O5. The van der Waals surface area contributed by atoms with E-state index in [4.69, 9.17) is 9.84 Å². The maximum absolute atomic E-state index is 12.2. The average Bonchev–Trinajstić information content (AvgIpc) is 2.49. The largest absolute Gasteiger partial charge is 0.483 e. The lowest BCUT2D eigenvalue weighted by atomic mass is 10.1. The number of amides is 2. The molecule has 2 N–H and O–H groups in total. The Bertz CT molecular complexity index is 571. The highest BCUT2D eigenvalue weighted by Crippen LogP contribution is 2.18. The molecule has 7 heteroatoms. The first kappa shape index (κ1) is 18.5. The van der Waals surface area contributed by atoms with E-state index >= 15 is 0 Å². The van der Waals surface area contributed by atoms with E-state index in [-0.39, 0.29) is 37.3 Å². The molecule has 0 aliphatic heterocycles. The predicted molar refractivity (Wildman–Crippen MR) is 84.4 cm³/mol. The van der Waals surface area contributed by atoms with Gasteiger partial charge in [-0.3, -0.25) is 14.4 Å².